The number of methoxy groups -OCH3 is 1. The summed E-state index contributed by atoms with van der Waals surface area (Å²) >= 11 is 1.23. The largest absolute Gasteiger partial charge is 0.492 e. The number of amides is 1. The summed E-state index contributed by atoms with van der Waals surface area (Å²) in [6.45, 7) is 1.54. The number of hydrogen-bond donors (Lipinski definition) is 1. The molecule has 3 rings (SSSR count). The summed E-state index contributed by atoms with van der Waals surface area (Å²) < 4.78 is 12.2. The van der Waals surface area contributed by atoms with Crippen LogP contribution < -0.4 is 15.6 Å². The first-order chi connectivity index (χ1) is 14.2. The number of para-hydroxylation sites is 2. The Balaban J connectivity index is 1.58. The third kappa shape index (κ3) is 5.82. The fourth-order valence-electron chi connectivity index (χ4n) is 2.69. The maximum absolute atomic E-state index is 12.8. The van der Waals surface area contributed by atoms with E-state index < -0.39 is 0 Å². The van der Waals surface area contributed by atoms with E-state index in [4.69, 9.17) is 9.47 Å². The first-order valence-corrected chi connectivity index (χ1v) is 10.2. The molecule has 0 radical (unpaired) electrons. The van der Waals surface area contributed by atoms with Gasteiger partial charge in [-0.3, -0.25) is 14.2 Å². The summed E-state index contributed by atoms with van der Waals surface area (Å²) in [6, 6.07) is 16.6. The highest BCUT2D eigenvalue weighted by Gasteiger charge is 2.13. The Morgan fingerprint density at radius 2 is 1.86 bits per heavy atom. The van der Waals surface area contributed by atoms with E-state index in [9.17, 15) is 9.59 Å². The van der Waals surface area contributed by atoms with Crippen molar-refractivity contribution in [1.82, 2.24) is 14.9 Å². The van der Waals surface area contributed by atoms with Gasteiger partial charge in [-0.05, 0) is 24.3 Å². The number of aromatic nitrogens is 2. The minimum absolute atomic E-state index is 0.133. The van der Waals surface area contributed by atoms with E-state index in [1.807, 2.05) is 42.5 Å². The van der Waals surface area contributed by atoms with Gasteiger partial charge in [0.15, 0.2) is 5.16 Å². The second kappa shape index (κ2) is 10.6. The minimum atomic E-state index is -0.146. The number of carbonyl (C=O) groups is 1. The lowest BCUT2D eigenvalue weighted by Gasteiger charge is -2.13. The Labute approximate surface area is 173 Å². The van der Waals surface area contributed by atoms with Crippen molar-refractivity contribution in [3.8, 4) is 5.75 Å². The van der Waals surface area contributed by atoms with Gasteiger partial charge in [-0.2, -0.15) is 0 Å². The van der Waals surface area contributed by atoms with E-state index in [0.717, 1.165) is 5.75 Å². The highest BCUT2D eigenvalue weighted by Crippen LogP contribution is 2.17. The predicted molar refractivity (Wildman–Crippen MR) is 114 cm³/mol. The first kappa shape index (κ1) is 20.9. The molecule has 0 atom stereocenters. The van der Waals surface area contributed by atoms with Crippen LogP contribution in [0.25, 0.3) is 10.9 Å². The van der Waals surface area contributed by atoms with Crippen molar-refractivity contribution < 1.29 is 14.3 Å². The van der Waals surface area contributed by atoms with Gasteiger partial charge >= 0.3 is 0 Å². The van der Waals surface area contributed by atoms with Crippen LogP contribution in [-0.4, -0.2) is 48.1 Å². The lowest BCUT2D eigenvalue weighted by molar-refractivity contribution is -0.118. The number of hydrogen-bond acceptors (Lipinski definition) is 6. The maximum atomic E-state index is 12.8. The molecule has 0 unspecified atom stereocenters. The lowest BCUT2D eigenvalue weighted by Crippen LogP contribution is -2.30. The molecule has 2 aromatic carbocycles. The number of fused-ring (bicyclic) bond motifs is 1. The number of carbonyl (C=O) groups excluding carboxylic acids is 1. The quantitative estimate of drug-likeness (QED) is 0.312. The van der Waals surface area contributed by atoms with Crippen LogP contribution in [0, 0.1) is 0 Å². The second-order valence-corrected chi connectivity index (χ2v) is 7.10. The molecule has 3 aromatic rings. The molecule has 29 heavy (non-hydrogen) atoms. The van der Waals surface area contributed by atoms with Gasteiger partial charge < -0.3 is 14.8 Å². The van der Waals surface area contributed by atoms with Crippen LogP contribution in [0.4, 0.5) is 0 Å². The van der Waals surface area contributed by atoms with Crippen LogP contribution in [0.2, 0.25) is 0 Å². The number of rotatable bonds is 10. The van der Waals surface area contributed by atoms with Crippen molar-refractivity contribution in [1.29, 1.82) is 0 Å². The molecular weight excluding hydrogens is 390 g/mol. The third-order valence-corrected chi connectivity index (χ3v) is 5.09. The van der Waals surface area contributed by atoms with E-state index in [0.29, 0.717) is 42.4 Å². The van der Waals surface area contributed by atoms with Crippen LogP contribution in [0.1, 0.15) is 0 Å². The van der Waals surface area contributed by atoms with E-state index in [1.165, 1.54) is 11.8 Å². The molecule has 0 aliphatic heterocycles. The van der Waals surface area contributed by atoms with Gasteiger partial charge in [0.2, 0.25) is 5.91 Å². The van der Waals surface area contributed by atoms with E-state index in [-0.39, 0.29) is 17.2 Å². The molecule has 8 heteroatoms. The van der Waals surface area contributed by atoms with Crippen molar-refractivity contribution in [2.45, 2.75) is 11.7 Å². The van der Waals surface area contributed by atoms with E-state index in [1.54, 1.807) is 23.8 Å². The Morgan fingerprint density at radius 1 is 1.10 bits per heavy atom. The van der Waals surface area contributed by atoms with Crippen LogP contribution in [0.3, 0.4) is 0 Å². The van der Waals surface area contributed by atoms with Crippen molar-refractivity contribution in [3.63, 3.8) is 0 Å². The topological polar surface area (TPSA) is 82.4 Å². The summed E-state index contributed by atoms with van der Waals surface area (Å²) in [6.07, 6.45) is 0. The molecule has 1 aromatic heterocycles. The monoisotopic (exact) mass is 413 g/mol. The SMILES string of the molecule is COCCn1c(SCC(=O)NCCOc2ccccc2)nc2ccccc2c1=O. The summed E-state index contributed by atoms with van der Waals surface area (Å²) in [7, 11) is 1.58. The minimum Gasteiger partial charge on any atom is -0.492 e. The molecule has 0 aliphatic rings. The van der Waals surface area contributed by atoms with E-state index >= 15 is 0 Å². The van der Waals surface area contributed by atoms with E-state index in [2.05, 4.69) is 10.3 Å². The van der Waals surface area contributed by atoms with Gasteiger partial charge in [0, 0.05) is 7.11 Å². The summed E-state index contributed by atoms with van der Waals surface area (Å²) in [4.78, 5) is 29.5. The highest BCUT2D eigenvalue weighted by atomic mass is 32.2. The predicted octanol–water partition coefficient (Wildman–Crippen LogP) is 2.33. The first-order valence-electron chi connectivity index (χ1n) is 9.25. The summed E-state index contributed by atoms with van der Waals surface area (Å²) in [5.41, 5.74) is 0.483. The fraction of sp³-hybridized carbons (Fsp3) is 0.286. The number of nitrogens with zero attached hydrogens (tertiary/aromatic N) is 2. The highest BCUT2D eigenvalue weighted by molar-refractivity contribution is 7.99. The number of thioether (sulfide) groups is 1. The smallest absolute Gasteiger partial charge is 0.262 e. The molecule has 0 saturated carbocycles. The summed E-state index contributed by atoms with van der Waals surface area (Å²) in [5, 5.41) is 3.87. The standard InChI is InChI=1S/C21H23N3O4S/c1-27-14-12-24-20(26)17-9-5-6-10-18(17)23-21(24)29-15-19(25)22-11-13-28-16-7-3-2-4-8-16/h2-10H,11-15H2,1H3,(H,22,25). The van der Waals surface area contributed by atoms with Gasteiger partial charge in [0.05, 0.1) is 36.4 Å². The average Bonchev–Trinajstić information content (AvgIpc) is 2.75. The van der Waals surface area contributed by atoms with Crippen molar-refractivity contribution in [2.24, 2.45) is 0 Å². The zero-order chi connectivity index (χ0) is 20.5. The van der Waals surface area contributed by atoms with Crippen LogP contribution in [0.5, 0.6) is 5.75 Å². The molecule has 0 saturated heterocycles. The third-order valence-electron chi connectivity index (χ3n) is 4.11. The Morgan fingerprint density at radius 3 is 2.66 bits per heavy atom. The van der Waals surface area contributed by atoms with Gasteiger partial charge in [-0.25, -0.2) is 4.98 Å². The average molecular weight is 413 g/mol. The molecule has 0 aliphatic carbocycles. The Hall–Kier alpha value is -2.84. The van der Waals surface area contributed by atoms with Gasteiger partial charge in [0.25, 0.3) is 5.56 Å². The summed E-state index contributed by atoms with van der Waals surface area (Å²) in [5.74, 6) is 0.773. The molecule has 152 valence electrons. The van der Waals surface area contributed by atoms with Crippen molar-refractivity contribution in [2.75, 3.05) is 32.6 Å². The molecule has 7 nitrogen and oxygen atoms in total. The number of nitrogens with one attached hydrogen (secondary N) is 1. The second-order valence-electron chi connectivity index (χ2n) is 6.16. The number of ether oxygens (including phenoxy) is 2. The molecule has 1 heterocycles. The van der Waals surface area contributed by atoms with Crippen molar-refractivity contribution in [3.05, 3.63) is 65.0 Å². The Bertz CT molecular complexity index is 1010. The Kier molecular flexibility index (Phi) is 7.66. The van der Waals surface area contributed by atoms with Gasteiger partial charge in [-0.1, -0.05) is 42.1 Å². The normalized spacial score (nSPS) is 10.8. The molecule has 0 bridgehead atoms. The number of benzene rings is 2. The molecule has 1 amide bonds. The van der Waals surface area contributed by atoms with Crippen LogP contribution in [0.15, 0.2) is 64.5 Å². The van der Waals surface area contributed by atoms with Crippen LogP contribution in [-0.2, 0) is 16.1 Å². The molecular formula is C21H23N3O4S. The van der Waals surface area contributed by atoms with Gasteiger partial charge in [-0.15, -0.1) is 0 Å². The molecule has 0 fully saturated rings. The van der Waals surface area contributed by atoms with Gasteiger partial charge in [0.1, 0.15) is 12.4 Å². The van der Waals surface area contributed by atoms with Crippen LogP contribution >= 0.6 is 11.8 Å². The zero-order valence-electron chi connectivity index (χ0n) is 16.2. The lowest BCUT2D eigenvalue weighted by atomic mass is 10.2. The molecule has 0 spiro atoms. The van der Waals surface area contributed by atoms with Crippen molar-refractivity contribution >= 4 is 28.6 Å². The fourth-order valence-corrected chi connectivity index (χ4v) is 3.55. The zero-order valence-corrected chi connectivity index (χ0v) is 17.0. The molecule has 1 N–H and O–H groups in total. The maximum Gasteiger partial charge on any atom is 0.262 e.